The minimum absolute atomic E-state index is 0.00499. The Hall–Kier alpha value is -1.06. The first-order chi connectivity index (χ1) is 9.92. The molecule has 2 amide bonds. The third kappa shape index (κ3) is 3.78. The van der Waals surface area contributed by atoms with Crippen molar-refractivity contribution in [3.8, 4) is 0 Å². The number of rotatable bonds is 8. The van der Waals surface area contributed by atoms with Crippen molar-refractivity contribution in [1.29, 1.82) is 0 Å². The van der Waals surface area contributed by atoms with Crippen LogP contribution in [0, 0.1) is 5.92 Å². The predicted octanol–water partition coefficient (Wildman–Crippen LogP) is 3.11. The van der Waals surface area contributed by atoms with Gasteiger partial charge in [-0.05, 0) is 25.7 Å². The molecular formula is C17H32N2O2. The van der Waals surface area contributed by atoms with Crippen LogP contribution in [0.25, 0.3) is 0 Å². The average molecular weight is 296 g/mol. The minimum atomic E-state index is -0.687. The van der Waals surface area contributed by atoms with Crippen LogP contribution in [0.1, 0.15) is 73.1 Å². The summed E-state index contributed by atoms with van der Waals surface area (Å²) in [6.45, 7) is 10.8. The Bertz CT molecular complexity index is 370. The predicted molar refractivity (Wildman–Crippen MR) is 85.9 cm³/mol. The molecule has 21 heavy (non-hydrogen) atoms. The van der Waals surface area contributed by atoms with Gasteiger partial charge in [0.2, 0.25) is 11.8 Å². The van der Waals surface area contributed by atoms with Crippen LogP contribution in [0.4, 0.5) is 0 Å². The summed E-state index contributed by atoms with van der Waals surface area (Å²) in [5.74, 6) is 0.288. The van der Waals surface area contributed by atoms with Gasteiger partial charge in [0.1, 0.15) is 11.6 Å². The lowest BCUT2D eigenvalue weighted by atomic mass is 9.86. The summed E-state index contributed by atoms with van der Waals surface area (Å²) >= 11 is 0. The molecule has 1 saturated heterocycles. The van der Waals surface area contributed by atoms with Crippen LogP contribution in [-0.4, -0.2) is 34.8 Å². The summed E-state index contributed by atoms with van der Waals surface area (Å²) < 4.78 is 0. The second-order valence-corrected chi connectivity index (χ2v) is 6.51. The van der Waals surface area contributed by atoms with E-state index in [1.165, 1.54) is 12.8 Å². The van der Waals surface area contributed by atoms with Crippen LogP contribution in [-0.2, 0) is 9.59 Å². The van der Waals surface area contributed by atoms with Crippen molar-refractivity contribution in [3.63, 3.8) is 0 Å². The van der Waals surface area contributed by atoms with E-state index in [0.717, 1.165) is 19.3 Å². The molecule has 1 aliphatic rings. The molecule has 0 radical (unpaired) electrons. The van der Waals surface area contributed by atoms with Gasteiger partial charge in [-0.3, -0.25) is 9.59 Å². The van der Waals surface area contributed by atoms with E-state index in [-0.39, 0.29) is 23.8 Å². The number of unbranched alkanes of at least 4 members (excludes halogenated alkanes) is 3. The largest absolute Gasteiger partial charge is 0.342 e. The third-order valence-corrected chi connectivity index (χ3v) is 5.04. The zero-order valence-electron chi connectivity index (χ0n) is 14.4. The third-order valence-electron chi connectivity index (χ3n) is 5.04. The number of carbonyl (C=O) groups excluding carboxylic acids is 2. The second-order valence-electron chi connectivity index (χ2n) is 6.51. The monoisotopic (exact) mass is 296 g/mol. The zero-order valence-corrected chi connectivity index (χ0v) is 14.4. The first kappa shape index (κ1) is 18.0. The molecule has 0 aromatic carbocycles. The van der Waals surface area contributed by atoms with E-state index in [4.69, 9.17) is 0 Å². The molecule has 3 atom stereocenters. The summed E-state index contributed by atoms with van der Waals surface area (Å²) in [5, 5.41) is 2.96. The summed E-state index contributed by atoms with van der Waals surface area (Å²) in [5.41, 5.74) is -0.687. The molecule has 3 unspecified atom stereocenters. The first-order valence-electron chi connectivity index (χ1n) is 8.54. The van der Waals surface area contributed by atoms with Gasteiger partial charge in [0, 0.05) is 6.54 Å². The maximum atomic E-state index is 12.8. The molecule has 0 aliphatic carbocycles. The summed E-state index contributed by atoms with van der Waals surface area (Å²) in [7, 11) is 0. The summed E-state index contributed by atoms with van der Waals surface area (Å²) in [6, 6.07) is -0.353. The highest BCUT2D eigenvalue weighted by molar-refractivity contribution is 5.99. The fourth-order valence-corrected chi connectivity index (χ4v) is 2.92. The van der Waals surface area contributed by atoms with Gasteiger partial charge < -0.3 is 10.2 Å². The first-order valence-corrected chi connectivity index (χ1v) is 8.54. The fraction of sp³-hybridized carbons (Fsp3) is 0.882. The Kier molecular flexibility index (Phi) is 6.69. The number of piperazine rings is 1. The summed E-state index contributed by atoms with van der Waals surface area (Å²) in [4.78, 5) is 27.2. The molecule has 4 nitrogen and oxygen atoms in total. The lowest BCUT2D eigenvalue weighted by Gasteiger charge is -2.47. The maximum Gasteiger partial charge on any atom is 0.246 e. The van der Waals surface area contributed by atoms with E-state index in [1.807, 2.05) is 25.7 Å². The van der Waals surface area contributed by atoms with Gasteiger partial charge in [0.15, 0.2) is 0 Å². The maximum absolute atomic E-state index is 12.8. The molecule has 4 heteroatoms. The molecule has 0 aromatic rings. The number of nitrogens with zero attached hydrogens (tertiary/aromatic N) is 1. The van der Waals surface area contributed by atoms with Gasteiger partial charge in [-0.1, -0.05) is 53.4 Å². The Balaban J connectivity index is 2.88. The molecule has 122 valence electrons. The fourth-order valence-electron chi connectivity index (χ4n) is 2.92. The highest BCUT2D eigenvalue weighted by Crippen LogP contribution is 2.28. The van der Waals surface area contributed by atoms with Crippen molar-refractivity contribution in [2.75, 3.05) is 6.54 Å². The Morgan fingerprint density at radius 2 is 1.86 bits per heavy atom. The van der Waals surface area contributed by atoms with Crippen LogP contribution < -0.4 is 5.32 Å². The van der Waals surface area contributed by atoms with Crippen LogP contribution in [0.15, 0.2) is 0 Å². The smallest absolute Gasteiger partial charge is 0.246 e. The average Bonchev–Trinajstić information content (AvgIpc) is 2.49. The van der Waals surface area contributed by atoms with Crippen molar-refractivity contribution in [2.24, 2.45) is 5.92 Å². The van der Waals surface area contributed by atoms with E-state index in [0.29, 0.717) is 13.0 Å². The normalized spacial score (nSPS) is 27.7. The zero-order chi connectivity index (χ0) is 16.0. The van der Waals surface area contributed by atoms with Crippen molar-refractivity contribution < 1.29 is 9.59 Å². The molecule has 1 rings (SSSR count). The minimum Gasteiger partial charge on any atom is -0.342 e. The van der Waals surface area contributed by atoms with E-state index < -0.39 is 5.54 Å². The van der Waals surface area contributed by atoms with Gasteiger partial charge in [-0.15, -0.1) is 0 Å². The molecule has 1 fully saturated rings. The SMILES string of the molecule is CCCCCCN1C(=O)C(C(C)CC)NC(=O)C1(C)CC. The van der Waals surface area contributed by atoms with Gasteiger partial charge in [0.25, 0.3) is 0 Å². The van der Waals surface area contributed by atoms with Crippen LogP contribution in [0.2, 0.25) is 0 Å². The molecule has 0 aromatic heterocycles. The van der Waals surface area contributed by atoms with E-state index >= 15 is 0 Å². The number of carbonyl (C=O) groups is 2. The van der Waals surface area contributed by atoms with Crippen LogP contribution in [0.3, 0.4) is 0 Å². The molecular weight excluding hydrogens is 264 g/mol. The van der Waals surface area contributed by atoms with Gasteiger partial charge in [0.05, 0.1) is 0 Å². The van der Waals surface area contributed by atoms with E-state index in [2.05, 4.69) is 19.2 Å². The van der Waals surface area contributed by atoms with Crippen molar-refractivity contribution >= 4 is 11.8 Å². The standard InChI is InChI=1S/C17H32N2O2/c1-6-9-10-11-12-19-15(20)14(13(4)7-2)18-16(21)17(19,5)8-3/h13-14H,6-12H2,1-5H3,(H,18,21). The van der Waals surface area contributed by atoms with Crippen molar-refractivity contribution in [1.82, 2.24) is 10.2 Å². The summed E-state index contributed by atoms with van der Waals surface area (Å²) in [6.07, 6.45) is 6.01. The molecule has 0 spiro atoms. The molecule has 1 heterocycles. The number of hydrogen-bond acceptors (Lipinski definition) is 2. The van der Waals surface area contributed by atoms with Gasteiger partial charge >= 0.3 is 0 Å². The molecule has 1 N–H and O–H groups in total. The molecule has 0 bridgehead atoms. The van der Waals surface area contributed by atoms with Crippen LogP contribution in [0.5, 0.6) is 0 Å². The Morgan fingerprint density at radius 3 is 2.38 bits per heavy atom. The topological polar surface area (TPSA) is 49.4 Å². The quantitative estimate of drug-likeness (QED) is 0.700. The number of hydrogen-bond donors (Lipinski definition) is 1. The number of amides is 2. The van der Waals surface area contributed by atoms with Crippen molar-refractivity contribution in [2.45, 2.75) is 84.7 Å². The van der Waals surface area contributed by atoms with E-state index in [1.54, 1.807) is 0 Å². The highest BCUT2D eigenvalue weighted by Gasteiger charge is 2.48. The Morgan fingerprint density at radius 1 is 1.19 bits per heavy atom. The highest BCUT2D eigenvalue weighted by atomic mass is 16.2. The number of nitrogens with one attached hydrogen (secondary N) is 1. The van der Waals surface area contributed by atoms with Gasteiger partial charge in [-0.25, -0.2) is 0 Å². The molecule has 1 aliphatic heterocycles. The lowest BCUT2D eigenvalue weighted by molar-refractivity contribution is -0.158. The van der Waals surface area contributed by atoms with Crippen molar-refractivity contribution in [3.05, 3.63) is 0 Å². The lowest BCUT2D eigenvalue weighted by Crippen LogP contribution is -2.70. The van der Waals surface area contributed by atoms with E-state index in [9.17, 15) is 9.59 Å². The Labute approximate surface area is 129 Å². The second kappa shape index (κ2) is 7.81. The molecule has 0 saturated carbocycles. The van der Waals surface area contributed by atoms with Crippen LogP contribution >= 0.6 is 0 Å². The van der Waals surface area contributed by atoms with Gasteiger partial charge in [-0.2, -0.15) is 0 Å².